The van der Waals surface area contributed by atoms with Crippen LogP contribution in [0, 0.1) is 11.3 Å². The number of carboxylic acids is 1. The maximum Gasteiger partial charge on any atom is 0.149 e. The van der Waals surface area contributed by atoms with Crippen LogP contribution in [0.3, 0.4) is 0 Å². The van der Waals surface area contributed by atoms with Crippen LogP contribution in [0.1, 0.15) is 33.1 Å². The summed E-state index contributed by atoms with van der Waals surface area (Å²) >= 11 is 1.51. The molecule has 1 atom stereocenters. The highest BCUT2D eigenvalue weighted by Crippen LogP contribution is 2.33. The summed E-state index contributed by atoms with van der Waals surface area (Å²) < 4.78 is 0. The molecule has 112 valence electrons. The normalized spacial score (nSPS) is 21.4. The number of carboxylic acid groups (broad SMARTS) is 1. The summed E-state index contributed by atoms with van der Waals surface area (Å²) in [6.07, 6.45) is 4.04. The quantitative estimate of drug-likeness (QED) is 0.526. The summed E-state index contributed by atoms with van der Waals surface area (Å²) in [7, 11) is 0. The molecule has 6 heteroatoms. The fourth-order valence-corrected chi connectivity index (χ4v) is 2.70. The Morgan fingerprint density at radius 3 is 2.45 bits per heavy atom. The fourth-order valence-electron chi connectivity index (χ4n) is 2.24. The fraction of sp³-hybridized carbons (Fsp3) is 0.714. The third-order valence-electron chi connectivity index (χ3n) is 3.28. The van der Waals surface area contributed by atoms with Gasteiger partial charge in [0.15, 0.2) is 0 Å². The van der Waals surface area contributed by atoms with E-state index in [0.717, 1.165) is 0 Å². The summed E-state index contributed by atoms with van der Waals surface area (Å²) in [5.74, 6) is -1.89. The largest absolute Gasteiger partial charge is 0.548 e. The molecule has 20 heavy (non-hydrogen) atoms. The third kappa shape index (κ3) is 4.74. The van der Waals surface area contributed by atoms with Gasteiger partial charge in [-0.3, -0.25) is 14.6 Å². The first-order valence-corrected chi connectivity index (χ1v) is 7.95. The van der Waals surface area contributed by atoms with Crippen LogP contribution in [-0.2, 0) is 14.4 Å². The van der Waals surface area contributed by atoms with Crippen LogP contribution in [0.4, 0.5) is 0 Å². The minimum Gasteiger partial charge on any atom is -0.548 e. The molecule has 1 saturated carbocycles. The van der Waals surface area contributed by atoms with E-state index in [1.165, 1.54) is 18.0 Å². The van der Waals surface area contributed by atoms with E-state index >= 15 is 0 Å². The van der Waals surface area contributed by atoms with E-state index in [4.69, 9.17) is 0 Å². The van der Waals surface area contributed by atoms with Gasteiger partial charge in [-0.15, -0.1) is 0 Å². The number of carbonyl (C=O) groups is 3. The zero-order valence-electron chi connectivity index (χ0n) is 12.0. The lowest BCUT2D eigenvalue weighted by atomic mass is 9.72. The SMILES string of the molecule is CSCC[C@@H](N=CC1C(=O)CC(C)(C)CC1=O)C(=O)[O-]. The standard InChI is InChI=1S/C14H21NO4S/c1-14(2)6-11(16)9(12(17)7-14)8-15-10(13(18)19)4-5-20-3/h8-10H,4-7H2,1-3H3,(H,18,19)/p-1/t10-/m1/s1. The smallest absolute Gasteiger partial charge is 0.149 e. The number of aliphatic carboxylic acids is 1. The number of hydrogen-bond acceptors (Lipinski definition) is 6. The summed E-state index contributed by atoms with van der Waals surface area (Å²) in [6.45, 7) is 3.75. The number of hydrogen-bond donors (Lipinski definition) is 0. The Labute approximate surface area is 123 Å². The molecule has 1 rings (SSSR count). The first-order valence-electron chi connectivity index (χ1n) is 6.55. The molecule has 1 fully saturated rings. The molecule has 1 aliphatic carbocycles. The van der Waals surface area contributed by atoms with Gasteiger partial charge in [0.2, 0.25) is 0 Å². The van der Waals surface area contributed by atoms with Crippen LogP contribution in [0.2, 0.25) is 0 Å². The summed E-state index contributed by atoms with van der Waals surface area (Å²) in [6, 6.07) is -0.988. The molecule has 0 aliphatic heterocycles. The second-order valence-corrected chi connectivity index (χ2v) is 6.83. The second kappa shape index (κ2) is 7.02. The van der Waals surface area contributed by atoms with Gasteiger partial charge >= 0.3 is 0 Å². The van der Waals surface area contributed by atoms with Crippen LogP contribution >= 0.6 is 11.8 Å². The molecule has 0 N–H and O–H groups in total. The van der Waals surface area contributed by atoms with Crippen LogP contribution in [0.15, 0.2) is 4.99 Å². The van der Waals surface area contributed by atoms with Gasteiger partial charge in [-0.1, -0.05) is 13.8 Å². The van der Waals surface area contributed by atoms with E-state index in [9.17, 15) is 19.5 Å². The molecular weight excluding hydrogens is 278 g/mol. The number of nitrogens with zero attached hydrogens (tertiary/aromatic N) is 1. The topological polar surface area (TPSA) is 86.6 Å². The number of carbonyl (C=O) groups excluding carboxylic acids is 3. The van der Waals surface area contributed by atoms with E-state index < -0.39 is 17.9 Å². The highest BCUT2D eigenvalue weighted by Gasteiger charge is 2.38. The van der Waals surface area contributed by atoms with Crippen molar-refractivity contribution in [2.24, 2.45) is 16.3 Å². The Hall–Kier alpha value is -1.17. The molecule has 0 spiro atoms. The first-order chi connectivity index (χ1) is 9.26. The monoisotopic (exact) mass is 298 g/mol. The molecule has 0 unspecified atom stereocenters. The summed E-state index contributed by atoms with van der Waals surface area (Å²) in [4.78, 5) is 38.7. The maximum atomic E-state index is 11.9. The zero-order chi connectivity index (χ0) is 15.3. The van der Waals surface area contributed by atoms with Gasteiger partial charge in [-0.2, -0.15) is 11.8 Å². The summed E-state index contributed by atoms with van der Waals surface area (Å²) in [5.41, 5.74) is -0.314. The Morgan fingerprint density at radius 2 is 2.00 bits per heavy atom. The zero-order valence-corrected chi connectivity index (χ0v) is 12.9. The van der Waals surface area contributed by atoms with Crippen LogP contribution < -0.4 is 5.11 Å². The van der Waals surface area contributed by atoms with Crippen molar-refractivity contribution in [1.82, 2.24) is 0 Å². The van der Waals surface area contributed by atoms with Gasteiger partial charge in [-0.25, -0.2) is 0 Å². The average Bonchev–Trinajstić information content (AvgIpc) is 2.29. The van der Waals surface area contributed by atoms with E-state index in [2.05, 4.69) is 4.99 Å². The van der Waals surface area contributed by atoms with Crippen molar-refractivity contribution in [1.29, 1.82) is 0 Å². The number of ketones is 2. The molecule has 0 heterocycles. The molecule has 0 aromatic rings. The number of aliphatic imine (C=N–C) groups is 1. The first kappa shape index (κ1) is 16.9. The Morgan fingerprint density at radius 1 is 1.45 bits per heavy atom. The molecule has 0 saturated heterocycles. The van der Waals surface area contributed by atoms with Gasteiger partial charge in [0, 0.05) is 19.1 Å². The van der Waals surface area contributed by atoms with E-state index in [-0.39, 0.29) is 17.0 Å². The minimum atomic E-state index is -1.27. The molecule has 0 bridgehead atoms. The predicted molar refractivity (Wildman–Crippen MR) is 76.8 cm³/mol. The van der Waals surface area contributed by atoms with Crippen molar-refractivity contribution < 1.29 is 19.5 Å². The number of thioether (sulfide) groups is 1. The Kier molecular flexibility index (Phi) is 5.92. The van der Waals surface area contributed by atoms with Crippen molar-refractivity contribution in [3.05, 3.63) is 0 Å². The molecule has 5 nitrogen and oxygen atoms in total. The van der Waals surface area contributed by atoms with Gasteiger partial charge in [-0.05, 0) is 23.8 Å². The molecule has 1 aliphatic rings. The lowest BCUT2D eigenvalue weighted by Gasteiger charge is -2.30. The van der Waals surface area contributed by atoms with Gasteiger partial charge in [0.25, 0.3) is 0 Å². The molecule has 0 radical (unpaired) electrons. The number of Topliss-reactive ketones (excluding diaryl/α,β-unsaturated/α-hetero) is 2. The minimum absolute atomic E-state index is 0.183. The Bertz CT molecular complexity index is 411. The van der Waals surface area contributed by atoms with Crippen molar-refractivity contribution in [2.75, 3.05) is 12.0 Å². The van der Waals surface area contributed by atoms with Crippen LogP contribution in [0.5, 0.6) is 0 Å². The lowest BCUT2D eigenvalue weighted by Crippen LogP contribution is -2.39. The van der Waals surface area contributed by atoms with Crippen molar-refractivity contribution in [3.63, 3.8) is 0 Å². The van der Waals surface area contributed by atoms with Crippen LogP contribution in [0.25, 0.3) is 0 Å². The van der Waals surface area contributed by atoms with E-state index in [0.29, 0.717) is 25.0 Å². The molecular formula is C14H20NO4S-. The average molecular weight is 298 g/mol. The highest BCUT2D eigenvalue weighted by molar-refractivity contribution is 7.98. The van der Waals surface area contributed by atoms with Crippen LogP contribution in [-0.4, -0.2) is 41.8 Å². The Balaban J connectivity index is 2.74. The second-order valence-electron chi connectivity index (χ2n) is 5.84. The van der Waals surface area contributed by atoms with Crippen molar-refractivity contribution >= 4 is 35.5 Å². The maximum absolute atomic E-state index is 11.9. The lowest BCUT2D eigenvalue weighted by molar-refractivity contribution is -0.307. The predicted octanol–water partition coefficient (Wildman–Crippen LogP) is 0.503. The number of rotatable bonds is 6. The third-order valence-corrected chi connectivity index (χ3v) is 3.93. The molecule has 0 aromatic heterocycles. The van der Waals surface area contributed by atoms with Gasteiger partial charge in [0.1, 0.15) is 17.5 Å². The van der Waals surface area contributed by atoms with E-state index in [1.54, 1.807) is 0 Å². The molecule has 0 amide bonds. The summed E-state index contributed by atoms with van der Waals surface area (Å²) in [5, 5.41) is 10.9. The van der Waals surface area contributed by atoms with Crippen molar-refractivity contribution in [3.8, 4) is 0 Å². The highest BCUT2D eigenvalue weighted by atomic mass is 32.2. The van der Waals surface area contributed by atoms with Gasteiger partial charge in [0.05, 0.1) is 12.0 Å². The van der Waals surface area contributed by atoms with E-state index in [1.807, 2.05) is 20.1 Å². The van der Waals surface area contributed by atoms with Gasteiger partial charge < -0.3 is 9.90 Å². The van der Waals surface area contributed by atoms with Crippen molar-refractivity contribution in [2.45, 2.75) is 39.2 Å². The molecule has 0 aromatic carbocycles.